The highest BCUT2D eigenvalue weighted by Gasteiger charge is 2.13. The Morgan fingerprint density at radius 3 is 2.67 bits per heavy atom. The van der Waals surface area contributed by atoms with Crippen molar-refractivity contribution in [1.82, 2.24) is 4.98 Å². The fourth-order valence-electron chi connectivity index (χ4n) is 1.71. The molecule has 1 aromatic heterocycles. The van der Waals surface area contributed by atoms with E-state index in [1.54, 1.807) is 6.20 Å². The molecular formula is C10H13N3OS. The first kappa shape index (κ1) is 10.4. The predicted molar refractivity (Wildman–Crippen MR) is 62.7 cm³/mol. The van der Waals surface area contributed by atoms with Gasteiger partial charge in [0.1, 0.15) is 10.9 Å². The second-order valence-electron chi connectivity index (χ2n) is 3.52. The van der Waals surface area contributed by atoms with Crippen molar-refractivity contribution in [2.45, 2.75) is 12.8 Å². The van der Waals surface area contributed by atoms with Crippen LogP contribution in [-0.2, 0) is 0 Å². The lowest BCUT2D eigenvalue weighted by Crippen LogP contribution is -2.18. The van der Waals surface area contributed by atoms with Crippen molar-refractivity contribution >= 4 is 22.9 Å². The Labute approximate surface area is 93.0 Å². The maximum Gasteiger partial charge on any atom is 0.128 e. The second-order valence-corrected chi connectivity index (χ2v) is 4.11. The van der Waals surface area contributed by atoms with E-state index in [0.717, 1.165) is 18.9 Å². The summed E-state index contributed by atoms with van der Waals surface area (Å²) in [5.41, 5.74) is 0.658. The molecule has 0 bridgehead atoms. The second kappa shape index (κ2) is 4.63. The summed E-state index contributed by atoms with van der Waals surface area (Å²) in [6.45, 7) is 2.14. The van der Waals surface area contributed by atoms with Gasteiger partial charge in [0.05, 0.1) is 0 Å². The maximum atomic E-state index is 8.72. The molecule has 15 heavy (non-hydrogen) atoms. The molecule has 0 radical (unpaired) electrons. The van der Waals surface area contributed by atoms with Gasteiger partial charge in [-0.2, -0.15) is 0 Å². The molecule has 0 aliphatic carbocycles. The molecule has 1 aliphatic rings. The minimum absolute atomic E-state index is 0.135. The van der Waals surface area contributed by atoms with Crippen LogP contribution in [0.3, 0.4) is 0 Å². The van der Waals surface area contributed by atoms with Gasteiger partial charge in [0, 0.05) is 36.9 Å². The summed E-state index contributed by atoms with van der Waals surface area (Å²) < 4.78 is 8.72. The first-order chi connectivity index (χ1) is 7.31. The lowest BCUT2D eigenvalue weighted by molar-refractivity contribution is 0.673. The SMILES string of the molecule is N=C(SO)c1ccc(N2CCCC2)nc1. The summed E-state index contributed by atoms with van der Waals surface area (Å²) in [7, 11) is 0. The molecule has 0 saturated carbocycles. The summed E-state index contributed by atoms with van der Waals surface area (Å²) in [5.74, 6) is 0.965. The van der Waals surface area contributed by atoms with Gasteiger partial charge in [0.2, 0.25) is 0 Å². The predicted octanol–water partition coefficient (Wildman–Crippen LogP) is 2.21. The normalized spacial score (nSPS) is 15.7. The molecule has 80 valence electrons. The molecule has 2 rings (SSSR count). The smallest absolute Gasteiger partial charge is 0.128 e. The Kier molecular flexibility index (Phi) is 3.23. The van der Waals surface area contributed by atoms with E-state index in [0.29, 0.717) is 17.6 Å². The van der Waals surface area contributed by atoms with Crippen LogP contribution in [0.4, 0.5) is 5.82 Å². The van der Waals surface area contributed by atoms with E-state index < -0.39 is 0 Å². The first-order valence-corrected chi connectivity index (χ1v) is 5.70. The molecule has 0 spiro atoms. The third-order valence-corrected chi connectivity index (χ3v) is 2.95. The van der Waals surface area contributed by atoms with Gasteiger partial charge in [-0.1, -0.05) is 0 Å². The van der Waals surface area contributed by atoms with Crippen molar-refractivity contribution in [1.29, 1.82) is 5.41 Å². The van der Waals surface area contributed by atoms with E-state index >= 15 is 0 Å². The number of aromatic nitrogens is 1. The van der Waals surface area contributed by atoms with Gasteiger partial charge in [-0.05, 0) is 25.0 Å². The van der Waals surface area contributed by atoms with E-state index in [2.05, 4.69) is 9.88 Å². The largest absolute Gasteiger partial charge is 0.357 e. The van der Waals surface area contributed by atoms with Gasteiger partial charge >= 0.3 is 0 Å². The van der Waals surface area contributed by atoms with Gasteiger partial charge in [0.15, 0.2) is 0 Å². The summed E-state index contributed by atoms with van der Waals surface area (Å²) >= 11 is 0.446. The number of nitrogens with zero attached hydrogens (tertiary/aromatic N) is 2. The molecule has 0 aromatic carbocycles. The topological polar surface area (TPSA) is 60.2 Å². The van der Waals surface area contributed by atoms with Crippen molar-refractivity contribution in [2.24, 2.45) is 0 Å². The van der Waals surface area contributed by atoms with Crippen molar-refractivity contribution < 1.29 is 4.55 Å². The first-order valence-electron chi connectivity index (χ1n) is 4.92. The van der Waals surface area contributed by atoms with E-state index in [4.69, 9.17) is 9.96 Å². The van der Waals surface area contributed by atoms with E-state index in [9.17, 15) is 0 Å². The standard InChI is InChI=1S/C10H13N3OS/c11-10(15-14)8-3-4-9(12-7-8)13-5-1-2-6-13/h3-4,7,11,14H,1-2,5-6H2. The van der Waals surface area contributed by atoms with Crippen LogP contribution in [-0.4, -0.2) is 27.7 Å². The Balaban J connectivity index is 2.12. The van der Waals surface area contributed by atoms with Crippen molar-refractivity contribution in [3.8, 4) is 0 Å². The van der Waals surface area contributed by atoms with Crippen LogP contribution in [0.15, 0.2) is 18.3 Å². The number of hydrogen-bond donors (Lipinski definition) is 2. The zero-order chi connectivity index (χ0) is 10.7. The average molecular weight is 223 g/mol. The summed E-state index contributed by atoms with van der Waals surface area (Å²) in [4.78, 5) is 6.53. The molecule has 2 N–H and O–H groups in total. The van der Waals surface area contributed by atoms with Crippen LogP contribution in [0.25, 0.3) is 0 Å². The number of rotatable bonds is 2. The number of anilines is 1. The minimum atomic E-state index is 0.135. The van der Waals surface area contributed by atoms with Gasteiger partial charge in [0.25, 0.3) is 0 Å². The van der Waals surface area contributed by atoms with Crippen LogP contribution in [0.1, 0.15) is 18.4 Å². The summed E-state index contributed by atoms with van der Waals surface area (Å²) in [6.07, 6.45) is 4.09. The fourth-order valence-corrected chi connectivity index (χ4v) is 1.93. The zero-order valence-electron chi connectivity index (χ0n) is 8.31. The van der Waals surface area contributed by atoms with Gasteiger partial charge in [-0.15, -0.1) is 0 Å². The summed E-state index contributed by atoms with van der Waals surface area (Å²) in [5, 5.41) is 7.55. The highest BCUT2D eigenvalue weighted by molar-refractivity contribution is 8.09. The van der Waals surface area contributed by atoms with Crippen LogP contribution < -0.4 is 4.90 Å². The Hall–Kier alpha value is -1.07. The van der Waals surface area contributed by atoms with Crippen molar-refractivity contribution in [2.75, 3.05) is 18.0 Å². The van der Waals surface area contributed by atoms with Gasteiger partial charge in [-0.3, -0.25) is 5.41 Å². The molecule has 0 atom stereocenters. The molecule has 2 heterocycles. The number of nitrogens with one attached hydrogen (secondary N) is 1. The Bertz CT molecular complexity index is 346. The highest BCUT2D eigenvalue weighted by atomic mass is 32.2. The summed E-state index contributed by atoms with van der Waals surface area (Å²) in [6, 6.07) is 3.73. The van der Waals surface area contributed by atoms with Crippen LogP contribution in [0.2, 0.25) is 0 Å². The monoisotopic (exact) mass is 223 g/mol. The quantitative estimate of drug-likeness (QED) is 0.458. The molecule has 0 unspecified atom stereocenters. The van der Waals surface area contributed by atoms with Gasteiger partial charge < -0.3 is 9.45 Å². The molecular weight excluding hydrogens is 210 g/mol. The van der Waals surface area contributed by atoms with E-state index in [1.807, 2.05) is 12.1 Å². The number of pyridine rings is 1. The lowest BCUT2D eigenvalue weighted by atomic mass is 10.3. The third-order valence-electron chi connectivity index (χ3n) is 2.53. The molecule has 1 aliphatic heterocycles. The molecule has 0 amide bonds. The minimum Gasteiger partial charge on any atom is -0.357 e. The number of hydrogen-bond acceptors (Lipinski definition) is 5. The fraction of sp³-hybridized carbons (Fsp3) is 0.400. The maximum absolute atomic E-state index is 8.72. The molecule has 4 nitrogen and oxygen atoms in total. The Morgan fingerprint density at radius 2 is 2.13 bits per heavy atom. The van der Waals surface area contributed by atoms with Gasteiger partial charge in [-0.25, -0.2) is 4.98 Å². The van der Waals surface area contributed by atoms with Crippen LogP contribution in [0, 0.1) is 5.41 Å². The lowest BCUT2D eigenvalue weighted by Gasteiger charge is -2.15. The molecule has 1 fully saturated rings. The van der Waals surface area contributed by atoms with Crippen LogP contribution >= 0.6 is 12.0 Å². The third kappa shape index (κ3) is 2.30. The molecule has 5 heteroatoms. The van der Waals surface area contributed by atoms with E-state index in [-0.39, 0.29) is 5.04 Å². The molecule has 1 aromatic rings. The highest BCUT2D eigenvalue weighted by Crippen LogP contribution is 2.18. The van der Waals surface area contributed by atoms with Crippen molar-refractivity contribution in [3.05, 3.63) is 23.9 Å². The molecule has 1 saturated heterocycles. The Morgan fingerprint density at radius 1 is 1.40 bits per heavy atom. The average Bonchev–Trinajstić information content (AvgIpc) is 2.82. The zero-order valence-corrected chi connectivity index (χ0v) is 9.13. The van der Waals surface area contributed by atoms with E-state index in [1.165, 1.54) is 12.8 Å². The van der Waals surface area contributed by atoms with Crippen LogP contribution in [0.5, 0.6) is 0 Å². The van der Waals surface area contributed by atoms with Crippen molar-refractivity contribution in [3.63, 3.8) is 0 Å².